The summed E-state index contributed by atoms with van der Waals surface area (Å²) in [7, 11) is 1.76. The highest BCUT2D eigenvalue weighted by Gasteiger charge is 2.21. The molecule has 0 radical (unpaired) electrons. The Morgan fingerprint density at radius 3 is 2.88 bits per heavy atom. The summed E-state index contributed by atoms with van der Waals surface area (Å²) in [5, 5.41) is 9.43. The second-order valence-corrected chi connectivity index (χ2v) is 7.08. The van der Waals surface area contributed by atoms with E-state index in [9.17, 15) is 9.90 Å². The number of nitrogens with zero attached hydrogens (tertiary/aromatic N) is 3. The van der Waals surface area contributed by atoms with Crippen LogP contribution >= 0.6 is 0 Å². The monoisotopic (exact) mass is 353 g/mol. The maximum absolute atomic E-state index is 12.1. The first-order chi connectivity index (χ1) is 12.6. The van der Waals surface area contributed by atoms with E-state index in [4.69, 9.17) is 9.72 Å². The van der Waals surface area contributed by atoms with Gasteiger partial charge < -0.3 is 19.0 Å². The van der Waals surface area contributed by atoms with Crippen LogP contribution in [0.4, 0.5) is 0 Å². The highest BCUT2D eigenvalue weighted by molar-refractivity contribution is 5.81. The molecule has 6 heteroatoms. The average Bonchev–Trinajstić information content (AvgIpc) is 3.27. The van der Waals surface area contributed by atoms with E-state index in [2.05, 4.69) is 4.57 Å². The fourth-order valence-corrected chi connectivity index (χ4v) is 3.66. The summed E-state index contributed by atoms with van der Waals surface area (Å²) >= 11 is 0. The van der Waals surface area contributed by atoms with Crippen LogP contribution < -0.4 is 5.56 Å². The first kappa shape index (κ1) is 17.0. The Bertz CT molecular complexity index is 987. The van der Waals surface area contributed by atoms with Crippen LogP contribution in [0.3, 0.4) is 0 Å². The standard InChI is InChI=1S/C20H23N3O3/c1-13-7-16(10-22(2)20(13)25)19-21-17-8-14(11-24)3-4-18(17)23(19)9-15-5-6-26-12-15/h3-4,7-8,10,15,24H,5-6,9,11-12H2,1-2H3. The predicted octanol–water partition coefficient (Wildman–Crippen LogP) is 2.24. The number of fused-ring (bicyclic) bond motifs is 1. The van der Waals surface area contributed by atoms with Crippen molar-refractivity contribution in [2.45, 2.75) is 26.5 Å². The van der Waals surface area contributed by atoms with Gasteiger partial charge in [-0.2, -0.15) is 0 Å². The van der Waals surface area contributed by atoms with Gasteiger partial charge in [0, 0.05) is 43.4 Å². The Labute approximate surface area is 151 Å². The summed E-state index contributed by atoms with van der Waals surface area (Å²) in [6, 6.07) is 7.77. The Hall–Kier alpha value is -2.44. The third kappa shape index (κ3) is 2.95. The van der Waals surface area contributed by atoms with Gasteiger partial charge in [-0.15, -0.1) is 0 Å². The van der Waals surface area contributed by atoms with Gasteiger partial charge in [0.2, 0.25) is 0 Å². The SMILES string of the molecule is Cc1cc(-c2nc3cc(CO)ccc3n2CC2CCOC2)cn(C)c1=O. The van der Waals surface area contributed by atoms with E-state index in [0.29, 0.717) is 11.5 Å². The van der Waals surface area contributed by atoms with Crippen molar-refractivity contribution in [2.24, 2.45) is 13.0 Å². The predicted molar refractivity (Wildman–Crippen MR) is 100.0 cm³/mol. The van der Waals surface area contributed by atoms with Gasteiger partial charge in [-0.3, -0.25) is 4.79 Å². The third-order valence-electron chi connectivity index (χ3n) is 5.08. The Balaban J connectivity index is 1.90. The molecule has 0 spiro atoms. The normalized spacial score (nSPS) is 17.3. The highest BCUT2D eigenvalue weighted by atomic mass is 16.5. The van der Waals surface area contributed by atoms with E-state index >= 15 is 0 Å². The lowest BCUT2D eigenvalue weighted by Gasteiger charge is -2.14. The van der Waals surface area contributed by atoms with Crippen LogP contribution in [0.5, 0.6) is 0 Å². The zero-order chi connectivity index (χ0) is 18.3. The number of aliphatic hydroxyl groups is 1. The minimum atomic E-state index is -0.00640. The van der Waals surface area contributed by atoms with E-state index in [0.717, 1.165) is 54.2 Å². The molecule has 1 N–H and O–H groups in total. The van der Waals surface area contributed by atoms with Gasteiger partial charge in [0.05, 0.1) is 24.2 Å². The van der Waals surface area contributed by atoms with Crippen molar-refractivity contribution in [1.29, 1.82) is 0 Å². The molecule has 26 heavy (non-hydrogen) atoms. The molecule has 3 aromatic rings. The van der Waals surface area contributed by atoms with E-state index in [1.54, 1.807) is 11.6 Å². The van der Waals surface area contributed by atoms with Crippen LogP contribution in [-0.4, -0.2) is 32.4 Å². The number of aryl methyl sites for hydroxylation is 2. The molecule has 1 aliphatic heterocycles. The van der Waals surface area contributed by atoms with Crippen molar-refractivity contribution in [1.82, 2.24) is 14.1 Å². The summed E-state index contributed by atoms with van der Waals surface area (Å²) in [4.78, 5) is 16.9. The summed E-state index contributed by atoms with van der Waals surface area (Å²) in [6.45, 7) is 4.22. The minimum absolute atomic E-state index is 0.00294. The Morgan fingerprint density at radius 1 is 1.35 bits per heavy atom. The molecule has 1 aromatic carbocycles. The van der Waals surface area contributed by atoms with Crippen molar-refractivity contribution in [3.05, 3.63) is 51.9 Å². The molecule has 0 amide bonds. The van der Waals surface area contributed by atoms with Crippen molar-refractivity contribution < 1.29 is 9.84 Å². The molecular formula is C20H23N3O3. The second kappa shape index (κ2) is 6.70. The van der Waals surface area contributed by atoms with Crippen molar-refractivity contribution in [3.63, 3.8) is 0 Å². The van der Waals surface area contributed by atoms with Gasteiger partial charge in [0.25, 0.3) is 5.56 Å². The van der Waals surface area contributed by atoms with E-state index in [-0.39, 0.29) is 12.2 Å². The first-order valence-electron chi connectivity index (χ1n) is 8.92. The van der Waals surface area contributed by atoms with Crippen molar-refractivity contribution in [3.8, 4) is 11.4 Å². The lowest BCUT2D eigenvalue weighted by atomic mass is 10.1. The average molecular weight is 353 g/mol. The second-order valence-electron chi connectivity index (χ2n) is 7.08. The smallest absolute Gasteiger partial charge is 0.253 e. The van der Waals surface area contributed by atoms with Gasteiger partial charge in [-0.05, 0) is 37.1 Å². The summed E-state index contributed by atoms with van der Waals surface area (Å²) in [6.07, 6.45) is 2.88. The van der Waals surface area contributed by atoms with Crippen LogP contribution in [-0.2, 0) is 24.9 Å². The largest absolute Gasteiger partial charge is 0.392 e. The quantitative estimate of drug-likeness (QED) is 0.781. The number of pyridine rings is 1. The maximum Gasteiger partial charge on any atom is 0.253 e. The lowest BCUT2D eigenvalue weighted by Crippen LogP contribution is -2.19. The van der Waals surface area contributed by atoms with Crippen LogP contribution in [0.1, 0.15) is 17.5 Å². The zero-order valence-corrected chi connectivity index (χ0v) is 15.1. The van der Waals surface area contributed by atoms with Gasteiger partial charge in [0.1, 0.15) is 5.82 Å². The lowest BCUT2D eigenvalue weighted by molar-refractivity contribution is 0.183. The molecule has 136 valence electrons. The van der Waals surface area contributed by atoms with Gasteiger partial charge in [-0.1, -0.05) is 6.07 Å². The summed E-state index contributed by atoms with van der Waals surface area (Å²) in [5.41, 5.74) is 4.36. The number of ether oxygens (including phenoxy) is 1. The molecule has 1 aliphatic rings. The van der Waals surface area contributed by atoms with Gasteiger partial charge in [-0.25, -0.2) is 4.98 Å². The first-order valence-corrected chi connectivity index (χ1v) is 8.92. The van der Waals surface area contributed by atoms with Crippen LogP contribution in [0, 0.1) is 12.8 Å². The number of hydrogen-bond acceptors (Lipinski definition) is 4. The summed E-state index contributed by atoms with van der Waals surface area (Å²) in [5.74, 6) is 1.30. The number of hydrogen-bond donors (Lipinski definition) is 1. The van der Waals surface area contributed by atoms with Crippen LogP contribution in [0.25, 0.3) is 22.4 Å². The number of rotatable bonds is 4. The molecule has 0 bridgehead atoms. The summed E-state index contributed by atoms with van der Waals surface area (Å²) < 4.78 is 9.36. The molecule has 1 saturated heterocycles. The Kier molecular flexibility index (Phi) is 4.38. The van der Waals surface area contributed by atoms with Gasteiger partial charge >= 0.3 is 0 Å². The molecule has 3 heterocycles. The van der Waals surface area contributed by atoms with Gasteiger partial charge in [0.15, 0.2) is 0 Å². The number of aliphatic hydroxyl groups excluding tert-OH is 1. The van der Waals surface area contributed by atoms with Crippen molar-refractivity contribution >= 4 is 11.0 Å². The highest BCUT2D eigenvalue weighted by Crippen LogP contribution is 2.28. The van der Waals surface area contributed by atoms with Crippen LogP contribution in [0.15, 0.2) is 35.3 Å². The molecule has 0 saturated carbocycles. The van der Waals surface area contributed by atoms with E-state index < -0.39 is 0 Å². The Morgan fingerprint density at radius 2 is 2.19 bits per heavy atom. The fraction of sp³-hybridized carbons (Fsp3) is 0.400. The molecule has 0 aliphatic carbocycles. The molecule has 1 atom stereocenters. The third-order valence-corrected chi connectivity index (χ3v) is 5.08. The fourth-order valence-electron chi connectivity index (χ4n) is 3.66. The molecule has 2 aromatic heterocycles. The van der Waals surface area contributed by atoms with E-state index in [1.807, 2.05) is 37.4 Å². The molecule has 4 rings (SSSR count). The molecule has 1 fully saturated rings. The zero-order valence-electron chi connectivity index (χ0n) is 15.1. The topological polar surface area (TPSA) is 69.3 Å². The number of benzene rings is 1. The van der Waals surface area contributed by atoms with Crippen molar-refractivity contribution in [2.75, 3.05) is 13.2 Å². The number of aromatic nitrogens is 3. The van der Waals surface area contributed by atoms with E-state index in [1.165, 1.54) is 0 Å². The number of imidazole rings is 1. The molecular weight excluding hydrogens is 330 g/mol. The molecule has 6 nitrogen and oxygen atoms in total. The maximum atomic E-state index is 12.1. The minimum Gasteiger partial charge on any atom is -0.392 e. The molecule has 1 unspecified atom stereocenters. The van der Waals surface area contributed by atoms with Crippen LogP contribution in [0.2, 0.25) is 0 Å².